The smallest absolute Gasteiger partial charge is 0.253 e. The van der Waals surface area contributed by atoms with E-state index in [9.17, 15) is 0 Å². The molecule has 0 radical (unpaired) electrons. The van der Waals surface area contributed by atoms with Crippen LogP contribution in [-0.4, -0.2) is 51.0 Å². The minimum atomic E-state index is 0.524. The number of pyridine rings is 1. The third kappa shape index (κ3) is 3.25. The van der Waals surface area contributed by atoms with Gasteiger partial charge in [0.25, 0.3) is 5.95 Å². The lowest BCUT2D eigenvalue weighted by molar-refractivity contribution is 0.122. The van der Waals surface area contributed by atoms with Gasteiger partial charge in [0, 0.05) is 35.5 Å². The minimum Gasteiger partial charge on any atom is -0.378 e. The lowest BCUT2D eigenvalue weighted by Crippen LogP contribution is -2.37. The highest BCUT2D eigenvalue weighted by Crippen LogP contribution is 2.26. The molecule has 1 aromatic carbocycles. The molecular weight excluding hydrogens is 420 g/mol. The standard InChI is InChI=1S/C20H17BrN6O/c21-16-10-17-18(22-12-16)19(26-6-8-28-9-7-26)25-20(24-17)27-13-15(11-23-27)14-4-2-1-3-5-14/h1-5,10-13H,6-9H2. The van der Waals surface area contributed by atoms with Crippen molar-refractivity contribution in [3.63, 3.8) is 0 Å². The van der Waals surface area contributed by atoms with Gasteiger partial charge in [-0.15, -0.1) is 0 Å². The van der Waals surface area contributed by atoms with Gasteiger partial charge in [-0.1, -0.05) is 30.3 Å². The SMILES string of the molecule is Brc1cnc2c(N3CCOCC3)nc(-n3cc(-c4ccccc4)cn3)nc2c1. The first-order valence-electron chi connectivity index (χ1n) is 9.04. The summed E-state index contributed by atoms with van der Waals surface area (Å²) in [7, 11) is 0. The Morgan fingerprint density at radius 1 is 0.964 bits per heavy atom. The van der Waals surface area contributed by atoms with Gasteiger partial charge in [0.05, 0.1) is 24.9 Å². The summed E-state index contributed by atoms with van der Waals surface area (Å²) in [5.41, 5.74) is 3.68. The van der Waals surface area contributed by atoms with E-state index in [2.05, 4.69) is 43.0 Å². The molecule has 4 aromatic rings. The molecule has 0 aliphatic carbocycles. The van der Waals surface area contributed by atoms with Gasteiger partial charge in [0.15, 0.2) is 5.82 Å². The molecule has 1 fully saturated rings. The number of benzene rings is 1. The van der Waals surface area contributed by atoms with Crippen molar-refractivity contribution in [2.45, 2.75) is 0 Å². The number of fused-ring (bicyclic) bond motifs is 1. The van der Waals surface area contributed by atoms with E-state index in [1.54, 1.807) is 10.9 Å². The predicted octanol–water partition coefficient (Wildman–Crippen LogP) is 3.48. The maximum absolute atomic E-state index is 5.49. The normalized spacial score (nSPS) is 14.5. The van der Waals surface area contributed by atoms with Gasteiger partial charge in [-0.05, 0) is 27.6 Å². The molecule has 1 saturated heterocycles. The van der Waals surface area contributed by atoms with Crippen molar-refractivity contribution in [2.24, 2.45) is 0 Å². The van der Waals surface area contributed by atoms with E-state index in [4.69, 9.17) is 14.7 Å². The van der Waals surface area contributed by atoms with Crippen LogP contribution in [0.1, 0.15) is 0 Å². The number of rotatable bonds is 3. The average Bonchev–Trinajstić information content (AvgIpc) is 3.24. The van der Waals surface area contributed by atoms with E-state index in [1.807, 2.05) is 36.7 Å². The van der Waals surface area contributed by atoms with Crippen LogP contribution < -0.4 is 4.90 Å². The summed E-state index contributed by atoms with van der Waals surface area (Å²) in [6.45, 7) is 2.91. The van der Waals surface area contributed by atoms with Gasteiger partial charge in [0.1, 0.15) is 5.52 Å². The maximum atomic E-state index is 5.49. The topological polar surface area (TPSA) is 69.0 Å². The zero-order valence-corrected chi connectivity index (χ0v) is 16.6. The first-order valence-corrected chi connectivity index (χ1v) is 9.84. The highest BCUT2D eigenvalue weighted by Gasteiger charge is 2.19. The third-order valence-electron chi connectivity index (χ3n) is 4.68. The van der Waals surface area contributed by atoms with Crippen LogP contribution in [0.2, 0.25) is 0 Å². The van der Waals surface area contributed by atoms with Crippen molar-refractivity contribution >= 4 is 32.8 Å². The van der Waals surface area contributed by atoms with E-state index in [0.717, 1.165) is 45.5 Å². The van der Waals surface area contributed by atoms with Crippen LogP contribution in [0.5, 0.6) is 0 Å². The molecule has 5 rings (SSSR count). The number of hydrogen-bond acceptors (Lipinski definition) is 6. The van der Waals surface area contributed by atoms with Crippen LogP contribution >= 0.6 is 15.9 Å². The average molecular weight is 437 g/mol. The Labute approximate surface area is 170 Å². The molecule has 140 valence electrons. The molecule has 8 heteroatoms. The van der Waals surface area contributed by atoms with E-state index >= 15 is 0 Å². The van der Waals surface area contributed by atoms with E-state index < -0.39 is 0 Å². The van der Waals surface area contributed by atoms with Crippen LogP contribution in [0.3, 0.4) is 0 Å². The molecule has 0 amide bonds. The number of morpholine rings is 1. The molecule has 28 heavy (non-hydrogen) atoms. The zero-order valence-electron chi connectivity index (χ0n) is 15.0. The molecule has 0 atom stereocenters. The lowest BCUT2D eigenvalue weighted by Gasteiger charge is -2.28. The van der Waals surface area contributed by atoms with Gasteiger partial charge >= 0.3 is 0 Å². The van der Waals surface area contributed by atoms with Crippen LogP contribution in [-0.2, 0) is 4.74 Å². The molecule has 7 nitrogen and oxygen atoms in total. The van der Waals surface area contributed by atoms with Crippen molar-refractivity contribution in [1.82, 2.24) is 24.7 Å². The maximum Gasteiger partial charge on any atom is 0.253 e. The molecule has 0 N–H and O–H groups in total. The first kappa shape index (κ1) is 17.3. The van der Waals surface area contributed by atoms with E-state index in [0.29, 0.717) is 19.2 Å². The minimum absolute atomic E-state index is 0.524. The summed E-state index contributed by atoms with van der Waals surface area (Å²) in [5.74, 6) is 1.34. The summed E-state index contributed by atoms with van der Waals surface area (Å²) in [4.78, 5) is 16.3. The molecule has 4 heterocycles. The van der Waals surface area contributed by atoms with Gasteiger partial charge in [-0.3, -0.25) is 0 Å². The Hall–Kier alpha value is -2.84. The molecule has 1 aliphatic heterocycles. The molecule has 0 saturated carbocycles. The van der Waals surface area contributed by atoms with Gasteiger partial charge in [0.2, 0.25) is 0 Å². The molecule has 3 aromatic heterocycles. The number of hydrogen-bond donors (Lipinski definition) is 0. The van der Waals surface area contributed by atoms with Crippen LogP contribution in [0, 0.1) is 0 Å². The Morgan fingerprint density at radius 2 is 1.79 bits per heavy atom. The zero-order chi connectivity index (χ0) is 18.9. The quantitative estimate of drug-likeness (QED) is 0.489. The summed E-state index contributed by atoms with van der Waals surface area (Å²) < 4.78 is 8.08. The largest absolute Gasteiger partial charge is 0.378 e. The molecular formula is C20H17BrN6O. The second-order valence-electron chi connectivity index (χ2n) is 6.51. The molecule has 0 unspecified atom stereocenters. The third-order valence-corrected chi connectivity index (χ3v) is 5.11. The lowest BCUT2D eigenvalue weighted by atomic mass is 10.1. The number of halogens is 1. The number of aromatic nitrogens is 5. The monoisotopic (exact) mass is 436 g/mol. The fourth-order valence-electron chi connectivity index (χ4n) is 3.28. The summed E-state index contributed by atoms with van der Waals surface area (Å²) in [5, 5.41) is 4.49. The Balaban J connectivity index is 1.62. The fraction of sp³-hybridized carbons (Fsp3) is 0.200. The molecule has 1 aliphatic rings. The molecule has 0 bridgehead atoms. The van der Waals surface area contributed by atoms with Crippen molar-refractivity contribution in [2.75, 3.05) is 31.2 Å². The second-order valence-corrected chi connectivity index (χ2v) is 7.42. The second kappa shape index (κ2) is 7.29. The van der Waals surface area contributed by atoms with Gasteiger partial charge in [-0.2, -0.15) is 10.1 Å². The highest BCUT2D eigenvalue weighted by molar-refractivity contribution is 9.10. The molecule has 0 spiro atoms. The van der Waals surface area contributed by atoms with Gasteiger partial charge in [-0.25, -0.2) is 14.6 Å². The predicted molar refractivity (Wildman–Crippen MR) is 111 cm³/mol. The fourth-order valence-corrected chi connectivity index (χ4v) is 3.60. The Bertz CT molecular complexity index is 1120. The van der Waals surface area contributed by atoms with Crippen molar-refractivity contribution < 1.29 is 4.74 Å². The number of ether oxygens (including phenoxy) is 1. The Morgan fingerprint density at radius 3 is 2.61 bits per heavy atom. The van der Waals surface area contributed by atoms with Crippen molar-refractivity contribution in [1.29, 1.82) is 0 Å². The highest BCUT2D eigenvalue weighted by atomic mass is 79.9. The van der Waals surface area contributed by atoms with Crippen molar-refractivity contribution in [3.8, 4) is 17.1 Å². The van der Waals surface area contributed by atoms with Crippen molar-refractivity contribution in [3.05, 3.63) is 59.5 Å². The summed E-state index contributed by atoms with van der Waals surface area (Å²) in [6, 6.07) is 12.1. The Kier molecular flexibility index (Phi) is 4.50. The number of anilines is 1. The van der Waals surface area contributed by atoms with Gasteiger partial charge < -0.3 is 9.64 Å². The first-order chi connectivity index (χ1) is 13.8. The van der Waals surface area contributed by atoms with Crippen LogP contribution in [0.15, 0.2) is 59.5 Å². The van der Waals surface area contributed by atoms with E-state index in [1.165, 1.54) is 0 Å². The van der Waals surface area contributed by atoms with Crippen LogP contribution in [0.25, 0.3) is 28.1 Å². The summed E-state index contributed by atoms with van der Waals surface area (Å²) >= 11 is 3.49. The summed E-state index contributed by atoms with van der Waals surface area (Å²) in [6.07, 6.45) is 5.55. The number of nitrogens with zero attached hydrogens (tertiary/aromatic N) is 6. The van der Waals surface area contributed by atoms with E-state index in [-0.39, 0.29) is 0 Å². The van der Waals surface area contributed by atoms with Crippen LogP contribution in [0.4, 0.5) is 5.82 Å².